The molecule has 0 spiro atoms. The molecule has 0 atom stereocenters. The van der Waals surface area contributed by atoms with Gasteiger partial charge >= 0.3 is 0 Å². The van der Waals surface area contributed by atoms with E-state index in [4.69, 9.17) is 5.73 Å². The molecule has 0 aliphatic rings. The number of pyridine rings is 1. The molecule has 1 rings (SSSR count). The maximum absolute atomic E-state index is 11.6. The van der Waals surface area contributed by atoms with Crippen LogP contribution in [0.5, 0.6) is 0 Å². The molecule has 1 aromatic heterocycles. The Morgan fingerprint density at radius 3 is 2.69 bits per heavy atom. The van der Waals surface area contributed by atoms with Crippen LogP contribution in [0.1, 0.15) is 5.69 Å². The lowest BCUT2D eigenvalue weighted by Gasteiger charge is -2.22. The lowest BCUT2D eigenvalue weighted by Crippen LogP contribution is -2.35. The number of likely N-dealkylation sites (N-methyl/N-ethyl adjacent to an activating group) is 2. The minimum atomic E-state index is 0.0503. The van der Waals surface area contributed by atoms with Crippen LogP contribution in [0.3, 0.4) is 0 Å². The van der Waals surface area contributed by atoms with Gasteiger partial charge in [0.05, 0.1) is 17.9 Å². The Bertz CT molecular complexity index is 365. The van der Waals surface area contributed by atoms with Crippen molar-refractivity contribution in [1.29, 1.82) is 0 Å². The van der Waals surface area contributed by atoms with Gasteiger partial charge in [-0.15, -0.1) is 0 Å². The summed E-state index contributed by atoms with van der Waals surface area (Å²) in [5, 5.41) is 0. The molecule has 1 aromatic rings. The van der Waals surface area contributed by atoms with E-state index in [1.165, 1.54) is 0 Å². The SMILES string of the molecule is CN(C)C(=O)CN(C)c1cccnc1CN. The van der Waals surface area contributed by atoms with Gasteiger partial charge < -0.3 is 15.5 Å². The van der Waals surface area contributed by atoms with Crippen LogP contribution in [0.15, 0.2) is 18.3 Å². The molecule has 0 aromatic carbocycles. The molecule has 0 fully saturated rings. The second-order valence-electron chi connectivity index (χ2n) is 3.82. The molecule has 0 aliphatic carbocycles. The largest absolute Gasteiger partial charge is 0.364 e. The molecular weight excluding hydrogens is 204 g/mol. The fraction of sp³-hybridized carbons (Fsp3) is 0.455. The van der Waals surface area contributed by atoms with Crippen molar-refractivity contribution in [2.75, 3.05) is 32.6 Å². The summed E-state index contributed by atoms with van der Waals surface area (Å²) in [4.78, 5) is 19.2. The molecule has 0 unspecified atom stereocenters. The summed E-state index contributed by atoms with van der Waals surface area (Å²) in [6, 6.07) is 3.75. The monoisotopic (exact) mass is 222 g/mol. The Hall–Kier alpha value is -1.62. The summed E-state index contributed by atoms with van der Waals surface area (Å²) in [5.74, 6) is 0.0503. The van der Waals surface area contributed by atoms with Gasteiger partial charge in [-0.1, -0.05) is 0 Å². The Balaban J connectivity index is 2.80. The highest BCUT2D eigenvalue weighted by Crippen LogP contribution is 2.15. The van der Waals surface area contributed by atoms with E-state index >= 15 is 0 Å². The second-order valence-corrected chi connectivity index (χ2v) is 3.82. The van der Waals surface area contributed by atoms with Gasteiger partial charge in [0, 0.05) is 33.9 Å². The number of aromatic nitrogens is 1. The molecular formula is C11H18N4O. The van der Waals surface area contributed by atoms with Gasteiger partial charge in [0.25, 0.3) is 0 Å². The van der Waals surface area contributed by atoms with Crippen molar-refractivity contribution in [2.45, 2.75) is 6.54 Å². The van der Waals surface area contributed by atoms with E-state index in [2.05, 4.69) is 4.98 Å². The maximum atomic E-state index is 11.6. The topological polar surface area (TPSA) is 62.5 Å². The maximum Gasteiger partial charge on any atom is 0.241 e. The van der Waals surface area contributed by atoms with Crippen LogP contribution < -0.4 is 10.6 Å². The fourth-order valence-corrected chi connectivity index (χ4v) is 1.36. The first-order chi connectivity index (χ1) is 7.56. The van der Waals surface area contributed by atoms with Crippen molar-refractivity contribution in [3.05, 3.63) is 24.0 Å². The zero-order valence-corrected chi connectivity index (χ0v) is 9.97. The van der Waals surface area contributed by atoms with Crippen molar-refractivity contribution >= 4 is 11.6 Å². The zero-order chi connectivity index (χ0) is 12.1. The van der Waals surface area contributed by atoms with Gasteiger partial charge in [-0.3, -0.25) is 9.78 Å². The Labute approximate surface area is 95.9 Å². The summed E-state index contributed by atoms with van der Waals surface area (Å²) in [7, 11) is 5.34. The number of hydrogen-bond donors (Lipinski definition) is 1. The summed E-state index contributed by atoms with van der Waals surface area (Å²) < 4.78 is 0. The van der Waals surface area contributed by atoms with Crippen molar-refractivity contribution in [3.63, 3.8) is 0 Å². The van der Waals surface area contributed by atoms with E-state index in [9.17, 15) is 4.79 Å². The molecule has 0 bridgehead atoms. The van der Waals surface area contributed by atoms with E-state index in [1.54, 1.807) is 25.2 Å². The van der Waals surface area contributed by atoms with Gasteiger partial charge in [-0.25, -0.2) is 0 Å². The molecule has 88 valence electrons. The average molecular weight is 222 g/mol. The van der Waals surface area contributed by atoms with Crippen molar-refractivity contribution in [1.82, 2.24) is 9.88 Å². The molecule has 5 heteroatoms. The predicted octanol–water partition coefficient (Wildman–Crippen LogP) is 0.0647. The minimum Gasteiger partial charge on any atom is -0.364 e. The Morgan fingerprint density at radius 2 is 2.12 bits per heavy atom. The number of rotatable bonds is 4. The van der Waals surface area contributed by atoms with Crippen molar-refractivity contribution in [2.24, 2.45) is 5.73 Å². The van der Waals surface area contributed by atoms with Crippen molar-refractivity contribution < 1.29 is 4.79 Å². The first-order valence-corrected chi connectivity index (χ1v) is 5.11. The summed E-state index contributed by atoms with van der Waals surface area (Å²) >= 11 is 0. The van der Waals surface area contributed by atoms with Crippen LogP contribution in [-0.2, 0) is 11.3 Å². The van der Waals surface area contributed by atoms with Crippen molar-refractivity contribution in [3.8, 4) is 0 Å². The zero-order valence-electron chi connectivity index (χ0n) is 9.97. The minimum absolute atomic E-state index is 0.0503. The van der Waals surface area contributed by atoms with Crippen LogP contribution in [0.4, 0.5) is 5.69 Å². The first kappa shape index (κ1) is 12.4. The van der Waals surface area contributed by atoms with Gasteiger partial charge in [-0.2, -0.15) is 0 Å². The number of amides is 1. The highest BCUT2D eigenvalue weighted by molar-refractivity contribution is 5.81. The van der Waals surface area contributed by atoms with Crippen LogP contribution >= 0.6 is 0 Å². The Kier molecular flexibility index (Phi) is 4.25. The third kappa shape index (κ3) is 2.93. The number of carbonyl (C=O) groups is 1. The lowest BCUT2D eigenvalue weighted by molar-refractivity contribution is -0.127. The average Bonchev–Trinajstić information content (AvgIpc) is 2.28. The molecule has 0 saturated heterocycles. The quantitative estimate of drug-likeness (QED) is 0.782. The van der Waals surface area contributed by atoms with Crippen LogP contribution in [0.25, 0.3) is 0 Å². The lowest BCUT2D eigenvalue weighted by atomic mass is 10.2. The third-order valence-corrected chi connectivity index (χ3v) is 2.34. The Morgan fingerprint density at radius 1 is 1.44 bits per heavy atom. The highest BCUT2D eigenvalue weighted by Gasteiger charge is 2.11. The number of nitrogens with zero attached hydrogens (tertiary/aromatic N) is 3. The number of nitrogens with two attached hydrogens (primary N) is 1. The van der Waals surface area contributed by atoms with Gasteiger partial charge in [0.2, 0.25) is 5.91 Å². The van der Waals surface area contributed by atoms with E-state index in [1.807, 2.05) is 24.1 Å². The smallest absolute Gasteiger partial charge is 0.241 e. The first-order valence-electron chi connectivity index (χ1n) is 5.11. The van der Waals surface area contributed by atoms with Gasteiger partial charge in [-0.05, 0) is 12.1 Å². The van der Waals surface area contributed by atoms with E-state index in [-0.39, 0.29) is 5.91 Å². The van der Waals surface area contributed by atoms with Crippen LogP contribution in [-0.4, -0.2) is 43.5 Å². The fourth-order valence-electron chi connectivity index (χ4n) is 1.36. The van der Waals surface area contributed by atoms with Gasteiger partial charge in [0.15, 0.2) is 0 Å². The highest BCUT2D eigenvalue weighted by atomic mass is 16.2. The molecule has 1 amide bonds. The van der Waals surface area contributed by atoms with E-state index < -0.39 is 0 Å². The summed E-state index contributed by atoms with van der Waals surface area (Å²) in [6.07, 6.45) is 1.70. The predicted molar refractivity (Wildman–Crippen MR) is 64.1 cm³/mol. The number of anilines is 1. The number of hydrogen-bond acceptors (Lipinski definition) is 4. The molecule has 16 heavy (non-hydrogen) atoms. The second kappa shape index (κ2) is 5.46. The normalized spacial score (nSPS) is 10.0. The van der Waals surface area contributed by atoms with Crippen LogP contribution in [0.2, 0.25) is 0 Å². The molecule has 5 nitrogen and oxygen atoms in total. The third-order valence-electron chi connectivity index (χ3n) is 2.34. The molecule has 0 radical (unpaired) electrons. The van der Waals surface area contributed by atoms with Crippen LogP contribution in [0, 0.1) is 0 Å². The summed E-state index contributed by atoms with van der Waals surface area (Å²) in [6.45, 7) is 0.697. The van der Waals surface area contributed by atoms with E-state index in [0.29, 0.717) is 13.1 Å². The standard InChI is InChI=1S/C11H18N4O/c1-14(2)11(16)8-15(3)10-5-4-6-13-9(10)7-12/h4-6H,7-8,12H2,1-3H3. The molecule has 0 saturated carbocycles. The summed E-state index contributed by atoms with van der Waals surface area (Å²) in [5.41, 5.74) is 7.30. The molecule has 1 heterocycles. The molecule has 0 aliphatic heterocycles. The van der Waals surface area contributed by atoms with E-state index in [0.717, 1.165) is 11.4 Å². The molecule has 2 N–H and O–H groups in total. The van der Waals surface area contributed by atoms with Gasteiger partial charge in [0.1, 0.15) is 0 Å². The number of carbonyl (C=O) groups excluding carboxylic acids is 1.